The van der Waals surface area contributed by atoms with Crippen LogP contribution in [0.5, 0.6) is 0 Å². The Kier molecular flexibility index (Phi) is 2.67. The first kappa shape index (κ1) is 13.1. The van der Waals surface area contributed by atoms with E-state index in [0.29, 0.717) is 0 Å². The molecule has 0 saturated carbocycles. The van der Waals surface area contributed by atoms with E-state index in [1.807, 2.05) is 12.3 Å². The van der Waals surface area contributed by atoms with Crippen molar-refractivity contribution in [2.24, 2.45) is 0 Å². The smallest absolute Gasteiger partial charge is 0.153 e. The largest absolute Gasteiger partial charge is 0.454 e. The second-order valence-electron chi connectivity index (χ2n) is 6.10. The van der Waals surface area contributed by atoms with E-state index in [1.165, 1.54) is 11.1 Å². The first-order valence-corrected chi connectivity index (χ1v) is 7.46. The Hall–Kier alpha value is -2.55. The molecule has 0 fully saturated rings. The predicted molar refractivity (Wildman–Crippen MR) is 89.6 cm³/mol. The highest BCUT2D eigenvalue weighted by Crippen LogP contribution is 2.38. The van der Waals surface area contributed by atoms with Crippen LogP contribution in [0.1, 0.15) is 18.1 Å². The van der Waals surface area contributed by atoms with Crippen molar-refractivity contribution in [2.45, 2.75) is 19.4 Å². The minimum atomic E-state index is -0.162. The number of benzene rings is 1. The summed E-state index contributed by atoms with van der Waals surface area (Å²) >= 11 is 0. The molecule has 0 aliphatic carbocycles. The summed E-state index contributed by atoms with van der Waals surface area (Å²) in [6.45, 7) is 4.39. The number of hydrogen-bond donors (Lipinski definition) is 0. The van der Waals surface area contributed by atoms with Crippen LogP contribution >= 0.6 is 0 Å². The van der Waals surface area contributed by atoms with E-state index in [2.05, 4.69) is 67.3 Å². The lowest BCUT2D eigenvalue weighted by Crippen LogP contribution is -2.37. The maximum absolute atomic E-state index is 6.00. The summed E-state index contributed by atoms with van der Waals surface area (Å²) < 4.78 is 6.00. The molecule has 1 aliphatic heterocycles. The second-order valence-corrected chi connectivity index (χ2v) is 6.10. The molecule has 0 N–H and O–H groups in total. The summed E-state index contributed by atoms with van der Waals surface area (Å²) in [5, 5.41) is 2.28. The zero-order valence-corrected chi connectivity index (χ0v) is 13.0. The summed E-state index contributed by atoms with van der Waals surface area (Å²) in [6, 6.07) is 6.41. The Balaban J connectivity index is 2.00. The van der Waals surface area contributed by atoms with Gasteiger partial charge in [-0.25, -0.2) is 0 Å². The zero-order valence-electron chi connectivity index (χ0n) is 13.0. The van der Waals surface area contributed by atoms with Gasteiger partial charge < -0.3 is 9.32 Å². The third-order valence-electron chi connectivity index (χ3n) is 4.74. The first-order valence-electron chi connectivity index (χ1n) is 7.46. The summed E-state index contributed by atoms with van der Waals surface area (Å²) in [6.07, 6.45) is 12.1. The van der Waals surface area contributed by atoms with Gasteiger partial charge in [0.25, 0.3) is 0 Å². The van der Waals surface area contributed by atoms with E-state index in [4.69, 9.17) is 4.42 Å². The van der Waals surface area contributed by atoms with Crippen LogP contribution in [0.3, 0.4) is 0 Å². The number of aromatic nitrogens is 1. The van der Waals surface area contributed by atoms with Gasteiger partial charge >= 0.3 is 0 Å². The van der Waals surface area contributed by atoms with Crippen LogP contribution < -0.4 is 0 Å². The van der Waals surface area contributed by atoms with Crippen molar-refractivity contribution >= 4 is 21.9 Å². The van der Waals surface area contributed by atoms with Gasteiger partial charge in [-0.3, -0.25) is 4.98 Å². The second kappa shape index (κ2) is 4.47. The number of aryl methyl sites for hydroxylation is 1. The van der Waals surface area contributed by atoms with E-state index in [1.54, 1.807) is 6.20 Å². The van der Waals surface area contributed by atoms with E-state index in [0.717, 1.165) is 21.9 Å². The van der Waals surface area contributed by atoms with Gasteiger partial charge in [0.15, 0.2) is 5.58 Å². The third-order valence-corrected chi connectivity index (χ3v) is 4.74. The van der Waals surface area contributed by atoms with E-state index in [-0.39, 0.29) is 5.54 Å². The van der Waals surface area contributed by atoms with Gasteiger partial charge in [0.1, 0.15) is 5.58 Å². The van der Waals surface area contributed by atoms with Crippen LogP contribution in [0, 0.1) is 6.92 Å². The van der Waals surface area contributed by atoms with Gasteiger partial charge in [-0.2, -0.15) is 0 Å². The Morgan fingerprint density at radius 2 is 2.00 bits per heavy atom. The van der Waals surface area contributed by atoms with E-state index in [9.17, 15) is 0 Å². The number of fused-ring (bicyclic) bond motifs is 3. The SMILES string of the molecule is Cc1cc2c(cc1C1(C)C=CC=CN1C)oc1cnccc12. The van der Waals surface area contributed by atoms with Gasteiger partial charge in [0.2, 0.25) is 0 Å². The van der Waals surface area contributed by atoms with E-state index >= 15 is 0 Å². The summed E-state index contributed by atoms with van der Waals surface area (Å²) in [7, 11) is 2.10. The fourth-order valence-corrected chi connectivity index (χ4v) is 3.30. The molecule has 3 nitrogen and oxygen atoms in total. The number of hydrogen-bond acceptors (Lipinski definition) is 3. The lowest BCUT2D eigenvalue weighted by molar-refractivity contribution is 0.261. The Morgan fingerprint density at radius 3 is 2.82 bits per heavy atom. The minimum absolute atomic E-state index is 0.162. The maximum atomic E-state index is 6.00. The summed E-state index contributed by atoms with van der Waals surface area (Å²) in [5.74, 6) is 0. The number of rotatable bonds is 1. The van der Waals surface area contributed by atoms with Crippen molar-refractivity contribution in [3.63, 3.8) is 0 Å². The van der Waals surface area contributed by atoms with Crippen molar-refractivity contribution < 1.29 is 4.42 Å². The fraction of sp³-hybridized carbons (Fsp3) is 0.211. The molecule has 1 aliphatic rings. The number of likely N-dealkylation sites (N-methyl/N-ethyl adjacent to an activating group) is 1. The Morgan fingerprint density at radius 1 is 1.14 bits per heavy atom. The van der Waals surface area contributed by atoms with Crippen LogP contribution in [0.15, 0.2) is 59.4 Å². The number of nitrogens with zero attached hydrogens (tertiary/aromatic N) is 2. The molecular formula is C19H18N2O. The molecule has 2 aromatic heterocycles. The Bertz CT molecular complexity index is 935. The minimum Gasteiger partial charge on any atom is -0.454 e. The molecule has 1 unspecified atom stereocenters. The Labute approximate surface area is 129 Å². The topological polar surface area (TPSA) is 29.3 Å². The lowest BCUT2D eigenvalue weighted by atomic mass is 9.85. The zero-order chi connectivity index (χ0) is 15.3. The van der Waals surface area contributed by atoms with Crippen molar-refractivity contribution in [3.8, 4) is 0 Å². The van der Waals surface area contributed by atoms with Crippen molar-refractivity contribution in [2.75, 3.05) is 7.05 Å². The van der Waals surface area contributed by atoms with Crippen molar-refractivity contribution in [3.05, 3.63) is 66.1 Å². The molecule has 0 radical (unpaired) electrons. The standard InChI is InChI=1S/C19H18N2O/c1-13-10-15-14-6-8-20-12-18(14)22-17(15)11-16(13)19(2)7-4-5-9-21(19)3/h4-12H,1-3H3. The van der Waals surface area contributed by atoms with Crippen LogP contribution in [0.4, 0.5) is 0 Å². The van der Waals surface area contributed by atoms with Gasteiger partial charge in [-0.1, -0.05) is 12.2 Å². The molecule has 3 aromatic rings. The number of pyridine rings is 1. The van der Waals surface area contributed by atoms with Gasteiger partial charge in [0, 0.05) is 24.0 Å². The summed E-state index contributed by atoms with van der Waals surface area (Å²) in [4.78, 5) is 6.37. The lowest BCUT2D eigenvalue weighted by Gasteiger charge is -2.39. The molecule has 3 heteroatoms. The molecule has 1 aromatic carbocycles. The van der Waals surface area contributed by atoms with Crippen LogP contribution in [-0.4, -0.2) is 16.9 Å². The highest BCUT2D eigenvalue weighted by Gasteiger charge is 2.30. The average molecular weight is 290 g/mol. The molecule has 110 valence electrons. The van der Waals surface area contributed by atoms with Crippen molar-refractivity contribution in [1.29, 1.82) is 0 Å². The molecule has 22 heavy (non-hydrogen) atoms. The normalized spacial score (nSPS) is 21.1. The molecule has 0 amide bonds. The molecular weight excluding hydrogens is 272 g/mol. The molecule has 3 heterocycles. The van der Waals surface area contributed by atoms with Crippen molar-refractivity contribution in [1.82, 2.24) is 9.88 Å². The first-order chi connectivity index (χ1) is 10.6. The quantitative estimate of drug-likeness (QED) is 0.660. The van der Waals surface area contributed by atoms with Gasteiger partial charge in [-0.05, 0) is 55.4 Å². The monoisotopic (exact) mass is 290 g/mol. The van der Waals surface area contributed by atoms with Crippen LogP contribution in [0.2, 0.25) is 0 Å². The highest BCUT2D eigenvalue weighted by atomic mass is 16.3. The molecule has 0 spiro atoms. The molecule has 4 rings (SSSR count). The summed E-state index contributed by atoms with van der Waals surface area (Å²) in [5.41, 5.74) is 4.12. The maximum Gasteiger partial charge on any atom is 0.153 e. The predicted octanol–water partition coefficient (Wildman–Crippen LogP) is 4.52. The van der Waals surface area contributed by atoms with Crippen LogP contribution in [0.25, 0.3) is 21.9 Å². The highest BCUT2D eigenvalue weighted by molar-refractivity contribution is 6.05. The molecule has 0 bridgehead atoms. The third kappa shape index (κ3) is 1.72. The fourth-order valence-electron chi connectivity index (χ4n) is 3.30. The average Bonchev–Trinajstić information content (AvgIpc) is 2.87. The number of allylic oxidation sites excluding steroid dienone is 2. The molecule has 0 saturated heterocycles. The number of furan rings is 1. The molecule has 1 atom stereocenters. The van der Waals surface area contributed by atoms with Crippen LogP contribution in [-0.2, 0) is 5.54 Å². The van der Waals surface area contributed by atoms with Gasteiger partial charge in [-0.15, -0.1) is 0 Å². The van der Waals surface area contributed by atoms with Gasteiger partial charge in [0.05, 0.1) is 11.7 Å². The van der Waals surface area contributed by atoms with E-state index < -0.39 is 0 Å².